The molecule has 4 rings (SSSR count). The highest BCUT2D eigenvalue weighted by Gasteiger charge is 2.52. The van der Waals surface area contributed by atoms with E-state index in [0.717, 1.165) is 64.7 Å². The summed E-state index contributed by atoms with van der Waals surface area (Å²) in [5, 5.41) is 0. The second-order valence-electron chi connectivity index (χ2n) is 7.54. The molecule has 1 amide bonds. The third kappa shape index (κ3) is 3.57. The van der Waals surface area contributed by atoms with Crippen molar-refractivity contribution in [2.45, 2.75) is 6.42 Å². The summed E-state index contributed by atoms with van der Waals surface area (Å²) >= 11 is 0. The normalized spacial score (nSPS) is 29.8. The molecule has 3 saturated heterocycles. The van der Waals surface area contributed by atoms with Crippen molar-refractivity contribution in [2.75, 3.05) is 59.2 Å². The third-order valence-corrected chi connectivity index (χ3v) is 5.78. The Kier molecular flexibility index (Phi) is 4.75. The summed E-state index contributed by atoms with van der Waals surface area (Å²) in [6.45, 7) is 7.46. The van der Waals surface area contributed by atoms with Crippen molar-refractivity contribution < 1.29 is 18.7 Å². The van der Waals surface area contributed by atoms with Crippen LogP contribution in [0.1, 0.15) is 5.56 Å². The molecule has 0 radical (unpaired) electrons. The maximum atomic E-state index is 13.0. The van der Waals surface area contributed by atoms with E-state index in [1.165, 1.54) is 12.1 Å². The molecule has 0 N–H and O–H groups in total. The van der Waals surface area contributed by atoms with Gasteiger partial charge in [-0.05, 0) is 17.7 Å². The molecule has 0 aliphatic carbocycles. The van der Waals surface area contributed by atoms with Crippen LogP contribution in [-0.4, -0.2) is 74.9 Å². The summed E-state index contributed by atoms with van der Waals surface area (Å²) in [4.78, 5) is 17.1. The Morgan fingerprint density at radius 2 is 1.96 bits per heavy atom. The van der Waals surface area contributed by atoms with Crippen molar-refractivity contribution in [1.82, 2.24) is 9.80 Å². The molecular formula is C19H25FN2O3. The lowest BCUT2D eigenvalue weighted by atomic mass is 9.80. The summed E-state index contributed by atoms with van der Waals surface area (Å²) in [6, 6.07) is 6.21. The van der Waals surface area contributed by atoms with Crippen LogP contribution in [0.15, 0.2) is 24.3 Å². The van der Waals surface area contributed by atoms with Gasteiger partial charge < -0.3 is 14.4 Å². The van der Waals surface area contributed by atoms with Gasteiger partial charge in [0.1, 0.15) is 5.82 Å². The Bertz CT molecular complexity index is 618. The molecule has 0 saturated carbocycles. The number of carbonyl (C=O) groups excluding carboxylic acids is 1. The smallest absolute Gasteiger partial charge is 0.227 e. The number of carbonyl (C=O) groups is 1. The van der Waals surface area contributed by atoms with Crippen LogP contribution >= 0.6 is 0 Å². The number of morpholine rings is 1. The third-order valence-electron chi connectivity index (χ3n) is 5.78. The van der Waals surface area contributed by atoms with Crippen molar-refractivity contribution in [3.8, 4) is 0 Å². The fourth-order valence-electron chi connectivity index (χ4n) is 4.34. The Labute approximate surface area is 147 Å². The molecule has 5 nitrogen and oxygen atoms in total. The lowest BCUT2D eigenvalue weighted by Crippen LogP contribution is -2.47. The van der Waals surface area contributed by atoms with Crippen molar-refractivity contribution in [1.29, 1.82) is 0 Å². The van der Waals surface area contributed by atoms with E-state index in [0.29, 0.717) is 12.3 Å². The van der Waals surface area contributed by atoms with E-state index >= 15 is 0 Å². The molecular weight excluding hydrogens is 323 g/mol. The molecule has 3 aliphatic rings. The van der Waals surface area contributed by atoms with Gasteiger partial charge in [-0.2, -0.15) is 0 Å². The Balaban J connectivity index is 1.41. The lowest BCUT2D eigenvalue weighted by molar-refractivity contribution is -0.130. The predicted octanol–water partition coefficient (Wildman–Crippen LogP) is 1.18. The van der Waals surface area contributed by atoms with E-state index in [-0.39, 0.29) is 17.1 Å². The van der Waals surface area contributed by atoms with E-state index in [9.17, 15) is 9.18 Å². The zero-order valence-electron chi connectivity index (χ0n) is 14.5. The SMILES string of the molecule is O=C(Cc1ccc(F)cc1)N1C[C@H]2COC[C@@]2(CN2CCOCC2)C1. The molecule has 25 heavy (non-hydrogen) atoms. The zero-order valence-corrected chi connectivity index (χ0v) is 14.5. The summed E-state index contributed by atoms with van der Waals surface area (Å²) in [5.74, 6) is 0.267. The number of fused-ring (bicyclic) bond motifs is 1. The number of halogens is 1. The molecule has 3 aliphatic heterocycles. The van der Waals surface area contributed by atoms with Gasteiger partial charge in [0.2, 0.25) is 5.91 Å². The van der Waals surface area contributed by atoms with Gasteiger partial charge >= 0.3 is 0 Å². The molecule has 3 fully saturated rings. The monoisotopic (exact) mass is 348 g/mol. The Morgan fingerprint density at radius 3 is 2.72 bits per heavy atom. The second-order valence-corrected chi connectivity index (χ2v) is 7.54. The minimum atomic E-state index is -0.270. The molecule has 3 heterocycles. The largest absolute Gasteiger partial charge is 0.380 e. The minimum absolute atomic E-state index is 0.0514. The van der Waals surface area contributed by atoms with Crippen molar-refractivity contribution in [3.05, 3.63) is 35.6 Å². The molecule has 2 atom stereocenters. The fourth-order valence-corrected chi connectivity index (χ4v) is 4.34. The highest BCUT2D eigenvalue weighted by atomic mass is 19.1. The maximum Gasteiger partial charge on any atom is 0.227 e. The van der Waals surface area contributed by atoms with E-state index in [4.69, 9.17) is 9.47 Å². The Hall–Kier alpha value is -1.50. The molecule has 1 aromatic carbocycles. The molecule has 0 spiro atoms. The number of ether oxygens (including phenoxy) is 2. The number of hydrogen-bond acceptors (Lipinski definition) is 4. The van der Waals surface area contributed by atoms with E-state index in [1.807, 2.05) is 4.90 Å². The Morgan fingerprint density at radius 1 is 1.20 bits per heavy atom. The van der Waals surface area contributed by atoms with Crippen LogP contribution in [0.25, 0.3) is 0 Å². The van der Waals surface area contributed by atoms with Crippen molar-refractivity contribution in [2.24, 2.45) is 11.3 Å². The average molecular weight is 348 g/mol. The lowest BCUT2D eigenvalue weighted by Gasteiger charge is -2.36. The number of hydrogen-bond donors (Lipinski definition) is 0. The van der Waals surface area contributed by atoms with Crippen LogP contribution in [0.4, 0.5) is 4.39 Å². The summed E-state index contributed by atoms with van der Waals surface area (Å²) in [5.41, 5.74) is 0.914. The fraction of sp³-hybridized carbons (Fsp3) is 0.632. The van der Waals surface area contributed by atoms with Crippen LogP contribution in [0.3, 0.4) is 0 Å². The predicted molar refractivity (Wildman–Crippen MR) is 90.7 cm³/mol. The number of amides is 1. The van der Waals surface area contributed by atoms with E-state index < -0.39 is 0 Å². The van der Waals surface area contributed by atoms with E-state index in [1.54, 1.807) is 12.1 Å². The van der Waals surface area contributed by atoms with Gasteiger partial charge in [0.05, 0.1) is 32.8 Å². The highest BCUT2D eigenvalue weighted by molar-refractivity contribution is 5.79. The first-order valence-electron chi connectivity index (χ1n) is 9.05. The molecule has 1 aromatic rings. The molecule has 0 aromatic heterocycles. The van der Waals surface area contributed by atoms with Crippen LogP contribution in [0, 0.1) is 17.2 Å². The average Bonchev–Trinajstić information content (AvgIpc) is 3.14. The zero-order chi connectivity index (χ0) is 17.3. The molecule has 136 valence electrons. The summed E-state index contributed by atoms with van der Waals surface area (Å²) in [7, 11) is 0. The van der Waals surface area contributed by atoms with E-state index in [2.05, 4.69) is 4.90 Å². The van der Waals surface area contributed by atoms with Gasteiger partial charge in [-0.3, -0.25) is 9.69 Å². The van der Waals surface area contributed by atoms with Gasteiger partial charge in [0, 0.05) is 44.1 Å². The van der Waals surface area contributed by atoms with Crippen molar-refractivity contribution >= 4 is 5.91 Å². The number of rotatable bonds is 4. The van der Waals surface area contributed by atoms with Crippen LogP contribution in [-0.2, 0) is 20.7 Å². The molecule has 6 heteroatoms. The quantitative estimate of drug-likeness (QED) is 0.819. The first-order valence-corrected chi connectivity index (χ1v) is 9.05. The van der Waals surface area contributed by atoms with Crippen LogP contribution in [0.5, 0.6) is 0 Å². The van der Waals surface area contributed by atoms with Gasteiger partial charge in [0.25, 0.3) is 0 Å². The second kappa shape index (κ2) is 7.02. The molecule has 0 bridgehead atoms. The van der Waals surface area contributed by atoms with Crippen molar-refractivity contribution in [3.63, 3.8) is 0 Å². The number of benzene rings is 1. The van der Waals surface area contributed by atoms with Crippen LogP contribution < -0.4 is 0 Å². The van der Waals surface area contributed by atoms with Gasteiger partial charge in [0.15, 0.2) is 0 Å². The van der Waals surface area contributed by atoms with Crippen LogP contribution in [0.2, 0.25) is 0 Å². The van der Waals surface area contributed by atoms with Gasteiger partial charge in [-0.25, -0.2) is 4.39 Å². The summed E-state index contributed by atoms with van der Waals surface area (Å²) < 4.78 is 24.3. The highest BCUT2D eigenvalue weighted by Crippen LogP contribution is 2.42. The number of likely N-dealkylation sites (tertiary alicyclic amines) is 1. The summed E-state index contributed by atoms with van der Waals surface area (Å²) in [6.07, 6.45) is 0.335. The first kappa shape index (κ1) is 16.9. The molecule has 0 unspecified atom stereocenters. The minimum Gasteiger partial charge on any atom is -0.380 e. The maximum absolute atomic E-state index is 13.0. The van der Waals surface area contributed by atoms with Gasteiger partial charge in [-0.15, -0.1) is 0 Å². The van der Waals surface area contributed by atoms with Gasteiger partial charge in [-0.1, -0.05) is 12.1 Å². The number of nitrogens with zero attached hydrogens (tertiary/aromatic N) is 2. The first-order chi connectivity index (χ1) is 12.1. The standard InChI is InChI=1S/C19H25FN2O3/c20-17-3-1-15(2-4-17)9-18(23)22-10-16-11-25-14-19(16,13-22)12-21-5-7-24-8-6-21/h1-4,16H,5-14H2/t16-,19+/m0/s1. The topological polar surface area (TPSA) is 42.0 Å².